The van der Waals surface area contributed by atoms with E-state index in [0.717, 1.165) is 17.8 Å². The van der Waals surface area contributed by atoms with Crippen LogP contribution >= 0.6 is 0 Å². The number of rotatable bonds is 5. The van der Waals surface area contributed by atoms with E-state index in [1.165, 1.54) is 12.1 Å². The number of carbonyl (C=O) groups excluding carboxylic acids is 1. The maximum Gasteiger partial charge on any atom is 0.252 e. The molecule has 0 radical (unpaired) electrons. The number of aryl methyl sites for hydroxylation is 3. The van der Waals surface area contributed by atoms with Gasteiger partial charge in [0, 0.05) is 23.5 Å². The van der Waals surface area contributed by atoms with E-state index in [4.69, 9.17) is 0 Å². The van der Waals surface area contributed by atoms with Crippen LogP contribution < -0.4 is 5.32 Å². The molecule has 0 aliphatic heterocycles. The van der Waals surface area contributed by atoms with Gasteiger partial charge in [0.05, 0.1) is 34.6 Å². The van der Waals surface area contributed by atoms with E-state index < -0.39 is 0 Å². The number of aromatic nitrogens is 5. The Bertz CT molecular complexity index is 1270. The van der Waals surface area contributed by atoms with Crippen molar-refractivity contribution in [1.29, 1.82) is 0 Å². The van der Waals surface area contributed by atoms with Gasteiger partial charge in [-0.25, -0.2) is 14.1 Å². The average molecular weight is 420 g/mol. The minimum Gasteiger partial charge on any atom is -0.345 e. The molecule has 0 aliphatic carbocycles. The number of nitrogens with one attached hydrogen (secondary N) is 1. The molecule has 3 heterocycles. The molecule has 1 unspecified atom stereocenters. The predicted octanol–water partition coefficient (Wildman–Crippen LogP) is 4.19. The van der Waals surface area contributed by atoms with E-state index in [-0.39, 0.29) is 17.8 Å². The smallest absolute Gasteiger partial charge is 0.252 e. The lowest BCUT2D eigenvalue weighted by molar-refractivity contribution is 0.0941. The molecule has 0 aliphatic rings. The van der Waals surface area contributed by atoms with E-state index in [9.17, 15) is 9.18 Å². The Balaban J connectivity index is 1.74. The second-order valence-electron chi connectivity index (χ2n) is 7.68. The highest BCUT2D eigenvalue weighted by Crippen LogP contribution is 2.26. The van der Waals surface area contributed by atoms with Crippen molar-refractivity contribution < 1.29 is 9.18 Å². The van der Waals surface area contributed by atoms with Crippen molar-refractivity contribution in [2.24, 2.45) is 0 Å². The van der Waals surface area contributed by atoms with Crippen LogP contribution in [0.1, 0.15) is 52.9 Å². The van der Waals surface area contributed by atoms with E-state index in [2.05, 4.69) is 20.5 Å². The molecule has 1 N–H and O–H groups in total. The van der Waals surface area contributed by atoms with Crippen molar-refractivity contribution in [1.82, 2.24) is 29.9 Å². The van der Waals surface area contributed by atoms with Crippen LogP contribution in [-0.2, 0) is 6.54 Å². The van der Waals surface area contributed by atoms with Gasteiger partial charge in [0.15, 0.2) is 5.65 Å². The highest BCUT2D eigenvalue weighted by molar-refractivity contribution is 6.07. The van der Waals surface area contributed by atoms with Crippen LogP contribution in [0.3, 0.4) is 0 Å². The van der Waals surface area contributed by atoms with Gasteiger partial charge >= 0.3 is 0 Å². The number of pyridine rings is 1. The third-order valence-corrected chi connectivity index (χ3v) is 5.51. The zero-order chi connectivity index (χ0) is 22.3. The number of amides is 1. The molecule has 8 heteroatoms. The third kappa shape index (κ3) is 3.69. The summed E-state index contributed by atoms with van der Waals surface area (Å²) in [5.41, 5.74) is 5.16. The lowest BCUT2D eigenvalue weighted by atomic mass is 10.1. The molecule has 31 heavy (non-hydrogen) atoms. The Morgan fingerprint density at radius 2 is 1.90 bits per heavy atom. The fourth-order valence-corrected chi connectivity index (χ4v) is 3.91. The standard InChI is InChI=1S/C23H25FN6O/c1-6-29-16(5)20(12-25-29)14(3)27-23(31)19-11-13(2)26-22-21(19)15(4)28-30(22)18-9-7-17(24)8-10-18/h7-12,14H,6H2,1-5H3,(H,27,31). The van der Waals surface area contributed by atoms with Gasteiger partial charge in [-0.15, -0.1) is 0 Å². The molecule has 4 aromatic rings. The maximum atomic E-state index is 13.4. The maximum absolute atomic E-state index is 13.4. The quantitative estimate of drug-likeness (QED) is 0.525. The second-order valence-corrected chi connectivity index (χ2v) is 7.68. The number of halogens is 1. The molecule has 0 fully saturated rings. The Morgan fingerprint density at radius 1 is 1.19 bits per heavy atom. The van der Waals surface area contributed by atoms with Crippen LogP contribution in [0.25, 0.3) is 16.7 Å². The van der Waals surface area contributed by atoms with Gasteiger partial charge in [-0.2, -0.15) is 10.2 Å². The Morgan fingerprint density at radius 3 is 2.55 bits per heavy atom. The lowest BCUT2D eigenvalue weighted by Crippen LogP contribution is -2.27. The summed E-state index contributed by atoms with van der Waals surface area (Å²) >= 11 is 0. The third-order valence-electron chi connectivity index (χ3n) is 5.51. The van der Waals surface area contributed by atoms with Crippen molar-refractivity contribution in [2.45, 2.75) is 47.2 Å². The van der Waals surface area contributed by atoms with Crippen molar-refractivity contribution in [3.05, 3.63) is 70.6 Å². The zero-order valence-corrected chi connectivity index (χ0v) is 18.3. The number of nitrogens with zero attached hydrogens (tertiary/aromatic N) is 5. The zero-order valence-electron chi connectivity index (χ0n) is 18.3. The first-order valence-electron chi connectivity index (χ1n) is 10.3. The Hall–Kier alpha value is -3.55. The monoisotopic (exact) mass is 420 g/mol. The fourth-order valence-electron chi connectivity index (χ4n) is 3.91. The number of carbonyl (C=O) groups is 1. The summed E-state index contributed by atoms with van der Waals surface area (Å²) in [4.78, 5) is 17.9. The molecule has 160 valence electrons. The van der Waals surface area contributed by atoms with Crippen molar-refractivity contribution in [3.63, 3.8) is 0 Å². The summed E-state index contributed by atoms with van der Waals surface area (Å²) < 4.78 is 16.9. The SMILES string of the molecule is CCn1ncc(C(C)NC(=O)c2cc(C)nc3c2c(C)nn3-c2ccc(F)cc2)c1C. The van der Waals surface area contributed by atoms with Crippen LogP contribution in [0.5, 0.6) is 0 Å². The van der Waals surface area contributed by atoms with Crippen LogP contribution in [0.2, 0.25) is 0 Å². The van der Waals surface area contributed by atoms with E-state index in [0.29, 0.717) is 33.7 Å². The highest BCUT2D eigenvalue weighted by atomic mass is 19.1. The normalized spacial score (nSPS) is 12.3. The summed E-state index contributed by atoms with van der Waals surface area (Å²) in [7, 11) is 0. The molecule has 0 bridgehead atoms. The van der Waals surface area contributed by atoms with Crippen molar-refractivity contribution >= 4 is 16.9 Å². The second kappa shape index (κ2) is 7.94. The molecule has 4 rings (SSSR count). The molecule has 0 saturated heterocycles. The van der Waals surface area contributed by atoms with Gasteiger partial charge in [-0.05, 0) is 65.0 Å². The van der Waals surface area contributed by atoms with Crippen LogP contribution in [0, 0.1) is 26.6 Å². The molecule has 1 amide bonds. The average Bonchev–Trinajstić information content (AvgIpc) is 3.27. The van der Waals surface area contributed by atoms with Gasteiger partial charge in [0.25, 0.3) is 5.91 Å². The summed E-state index contributed by atoms with van der Waals surface area (Å²) in [5, 5.41) is 12.7. The first kappa shape index (κ1) is 20.7. The number of hydrogen-bond donors (Lipinski definition) is 1. The van der Waals surface area contributed by atoms with E-state index in [1.807, 2.05) is 39.3 Å². The van der Waals surface area contributed by atoms with Gasteiger partial charge in [0.2, 0.25) is 0 Å². The molecule has 1 atom stereocenters. The van der Waals surface area contributed by atoms with E-state index in [1.54, 1.807) is 29.1 Å². The van der Waals surface area contributed by atoms with Crippen molar-refractivity contribution in [2.75, 3.05) is 0 Å². The molecule has 0 saturated carbocycles. The molecule has 0 spiro atoms. The lowest BCUT2D eigenvalue weighted by Gasteiger charge is -2.15. The molecule has 3 aromatic heterocycles. The number of hydrogen-bond acceptors (Lipinski definition) is 4. The fraction of sp³-hybridized carbons (Fsp3) is 0.304. The summed E-state index contributed by atoms with van der Waals surface area (Å²) in [6, 6.07) is 7.60. The minimum absolute atomic E-state index is 0.201. The van der Waals surface area contributed by atoms with Gasteiger partial charge in [-0.3, -0.25) is 9.48 Å². The Labute approximate surface area is 179 Å². The molecule has 7 nitrogen and oxygen atoms in total. The van der Waals surface area contributed by atoms with Gasteiger partial charge < -0.3 is 5.32 Å². The van der Waals surface area contributed by atoms with Crippen LogP contribution in [0.4, 0.5) is 4.39 Å². The highest BCUT2D eigenvalue weighted by Gasteiger charge is 2.22. The van der Waals surface area contributed by atoms with Crippen LogP contribution in [-0.4, -0.2) is 30.5 Å². The molecular weight excluding hydrogens is 395 g/mol. The molecule has 1 aromatic carbocycles. The largest absolute Gasteiger partial charge is 0.345 e. The van der Waals surface area contributed by atoms with Crippen LogP contribution in [0.15, 0.2) is 36.5 Å². The summed E-state index contributed by atoms with van der Waals surface area (Å²) in [5.74, 6) is -0.523. The van der Waals surface area contributed by atoms with E-state index >= 15 is 0 Å². The topological polar surface area (TPSA) is 77.6 Å². The van der Waals surface area contributed by atoms with Gasteiger partial charge in [-0.1, -0.05) is 0 Å². The Kier molecular flexibility index (Phi) is 5.31. The summed E-state index contributed by atoms with van der Waals surface area (Å²) in [6.07, 6.45) is 1.80. The van der Waals surface area contributed by atoms with Crippen molar-refractivity contribution in [3.8, 4) is 5.69 Å². The molecular formula is C23H25FN6O. The minimum atomic E-state index is -0.322. The summed E-state index contributed by atoms with van der Waals surface area (Å²) in [6.45, 7) is 10.4. The number of benzene rings is 1. The first-order valence-corrected chi connectivity index (χ1v) is 10.3. The number of fused-ring (bicyclic) bond motifs is 1. The predicted molar refractivity (Wildman–Crippen MR) is 117 cm³/mol. The first-order chi connectivity index (χ1) is 14.8. The van der Waals surface area contributed by atoms with Gasteiger partial charge in [0.1, 0.15) is 5.82 Å².